The van der Waals surface area contributed by atoms with E-state index in [-0.39, 0.29) is 116 Å². The van der Waals surface area contributed by atoms with Gasteiger partial charge in [-0.2, -0.15) is 0 Å². The molecule has 0 amide bonds. The van der Waals surface area contributed by atoms with Crippen LogP contribution in [0.5, 0.6) is 5.75 Å². The quantitative estimate of drug-likeness (QED) is 0.187. The number of hydrogen-bond acceptors (Lipinski definition) is 7. The summed E-state index contributed by atoms with van der Waals surface area (Å²) in [5, 5.41) is 0. The molecule has 0 aliphatic rings. The molecule has 0 aliphatic carbocycles. The maximum absolute atomic E-state index is 10.4. The van der Waals surface area contributed by atoms with Crippen LogP contribution in [0.15, 0.2) is 24.3 Å². The van der Waals surface area contributed by atoms with Crippen LogP contribution in [0.1, 0.15) is 5.56 Å². The Bertz CT molecular complexity index is 528. The van der Waals surface area contributed by atoms with Crippen molar-refractivity contribution in [2.24, 2.45) is 0 Å². The van der Waals surface area contributed by atoms with Gasteiger partial charge in [-0.1, -0.05) is 17.7 Å². The SMILES string of the molecule is Cc1ccc(OCCOCCOCCOCCOCCOP(=O)(O)O)cc1.[K].[K]. The maximum atomic E-state index is 10.4. The van der Waals surface area contributed by atoms with E-state index in [4.69, 9.17) is 33.5 Å². The van der Waals surface area contributed by atoms with Gasteiger partial charge in [0, 0.05) is 103 Å². The van der Waals surface area contributed by atoms with Crippen molar-refractivity contribution in [3.63, 3.8) is 0 Å². The molecule has 2 radical (unpaired) electrons. The van der Waals surface area contributed by atoms with Crippen molar-refractivity contribution in [2.75, 3.05) is 66.1 Å². The minimum absolute atomic E-state index is 0. The second-order valence-electron chi connectivity index (χ2n) is 5.43. The van der Waals surface area contributed by atoms with E-state index >= 15 is 0 Å². The Morgan fingerprint density at radius 1 is 0.690 bits per heavy atom. The van der Waals surface area contributed by atoms with Gasteiger partial charge in [-0.25, -0.2) is 4.57 Å². The summed E-state index contributed by atoms with van der Waals surface area (Å²) in [7, 11) is -4.41. The third kappa shape index (κ3) is 23.2. The Hall–Kier alpha value is 2.24. The normalized spacial score (nSPS) is 10.9. The van der Waals surface area contributed by atoms with Crippen LogP contribution < -0.4 is 4.74 Å². The molecule has 0 aliphatic heterocycles. The molecule has 1 aromatic carbocycles. The molecule has 2 N–H and O–H groups in total. The van der Waals surface area contributed by atoms with Crippen molar-refractivity contribution in [1.29, 1.82) is 0 Å². The predicted octanol–water partition coefficient (Wildman–Crippen LogP) is 0.788. The zero-order valence-corrected chi connectivity index (χ0v) is 24.7. The van der Waals surface area contributed by atoms with E-state index in [1.807, 2.05) is 31.2 Å². The summed E-state index contributed by atoms with van der Waals surface area (Å²) >= 11 is 0. The zero-order chi connectivity index (χ0) is 19.8. The summed E-state index contributed by atoms with van der Waals surface area (Å²) < 4.78 is 41.3. The first-order valence-electron chi connectivity index (χ1n) is 8.68. The molecular formula is C17H29K2O9P. The smallest absolute Gasteiger partial charge is 0.469 e. The van der Waals surface area contributed by atoms with Crippen LogP contribution in [-0.2, 0) is 28.0 Å². The Kier molecular flexibility index (Phi) is 25.4. The Morgan fingerprint density at radius 3 is 1.48 bits per heavy atom. The van der Waals surface area contributed by atoms with Gasteiger partial charge >= 0.3 is 7.82 Å². The van der Waals surface area contributed by atoms with Gasteiger partial charge in [0.05, 0.1) is 59.5 Å². The van der Waals surface area contributed by atoms with E-state index in [0.29, 0.717) is 52.9 Å². The number of ether oxygens (including phenoxy) is 5. The van der Waals surface area contributed by atoms with Crippen LogP contribution in [0.3, 0.4) is 0 Å². The van der Waals surface area contributed by atoms with Crippen LogP contribution in [0.2, 0.25) is 0 Å². The first-order valence-corrected chi connectivity index (χ1v) is 10.2. The van der Waals surface area contributed by atoms with Crippen LogP contribution in [0.4, 0.5) is 0 Å². The summed E-state index contributed by atoms with van der Waals surface area (Å²) in [6.07, 6.45) is 0. The molecule has 0 aromatic heterocycles. The second-order valence-corrected chi connectivity index (χ2v) is 6.67. The van der Waals surface area contributed by atoms with E-state index in [1.165, 1.54) is 5.56 Å². The van der Waals surface area contributed by atoms with E-state index in [1.54, 1.807) is 0 Å². The van der Waals surface area contributed by atoms with Crippen LogP contribution >= 0.6 is 7.82 Å². The zero-order valence-electron chi connectivity index (χ0n) is 17.6. The fourth-order valence-corrected chi connectivity index (χ4v) is 2.14. The van der Waals surface area contributed by atoms with E-state index < -0.39 is 7.82 Å². The summed E-state index contributed by atoms with van der Waals surface area (Å²) in [4.78, 5) is 16.9. The first-order chi connectivity index (χ1) is 13.0. The largest absolute Gasteiger partial charge is 0.491 e. The van der Waals surface area contributed by atoms with Gasteiger partial charge < -0.3 is 33.5 Å². The molecule has 0 spiro atoms. The van der Waals surface area contributed by atoms with Gasteiger partial charge in [-0.3, -0.25) is 4.52 Å². The van der Waals surface area contributed by atoms with Gasteiger partial charge in [-0.05, 0) is 19.1 Å². The van der Waals surface area contributed by atoms with Crippen molar-refractivity contribution >= 4 is 111 Å². The number of benzene rings is 1. The van der Waals surface area contributed by atoms with Gasteiger partial charge in [0.15, 0.2) is 0 Å². The second kappa shape index (κ2) is 22.1. The molecule has 0 saturated carbocycles. The number of phosphoric acid groups is 1. The topological polar surface area (TPSA) is 113 Å². The van der Waals surface area contributed by atoms with Crippen LogP contribution in [-0.4, -0.2) is 179 Å². The van der Waals surface area contributed by atoms with Gasteiger partial charge in [0.2, 0.25) is 0 Å². The number of phosphoric ester groups is 1. The van der Waals surface area contributed by atoms with Crippen molar-refractivity contribution in [2.45, 2.75) is 6.92 Å². The molecule has 1 rings (SSSR count). The molecule has 29 heavy (non-hydrogen) atoms. The Balaban J connectivity index is 0. The molecule has 0 heterocycles. The molecule has 158 valence electrons. The summed E-state index contributed by atoms with van der Waals surface area (Å²) in [5.41, 5.74) is 1.19. The van der Waals surface area contributed by atoms with Gasteiger partial charge in [-0.15, -0.1) is 0 Å². The summed E-state index contributed by atoms with van der Waals surface area (Å²) in [5.74, 6) is 0.830. The molecule has 0 fully saturated rings. The molecule has 0 atom stereocenters. The van der Waals surface area contributed by atoms with Crippen molar-refractivity contribution in [1.82, 2.24) is 0 Å². The number of rotatable bonds is 17. The third-order valence-electron chi connectivity index (χ3n) is 3.12. The van der Waals surface area contributed by atoms with E-state index in [0.717, 1.165) is 5.75 Å². The molecule has 0 saturated heterocycles. The first kappa shape index (κ1) is 33.4. The summed E-state index contributed by atoms with van der Waals surface area (Å²) in [6.45, 7) is 5.47. The van der Waals surface area contributed by atoms with Crippen LogP contribution in [0.25, 0.3) is 0 Å². The van der Waals surface area contributed by atoms with Gasteiger partial charge in [0.25, 0.3) is 0 Å². The van der Waals surface area contributed by atoms with E-state index in [9.17, 15) is 4.57 Å². The fraction of sp³-hybridized carbons (Fsp3) is 0.647. The molecule has 1 aromatic rings. The molecule has 0 bridgehead atoms. The summed E-state index contributed by atoms with van der Waals surface area (Å²) in [6, 6.07) is 7.86. The number of aryl methyl sites for hydroxylation is 1. The monoisotopic (exact) mass is 486 g/mol. The van der Waals surface area contributed by atoms with Crippen molar-refractivity contribution < 1.29 is 42.6 Å². The van der Waals surface area contributed by atoms with E-state index in [2.05, 4.69) is 4.52 Å². The predicted molar refractivity (Wildman–Crippen MR) is 109 cm³/mol. The minimum atomic E-state index is -4.41. The maximum Gasteiger partial charge on any atom is 0.469 e. The van der Waals surface area contributed by atoms with Crippen molar-refractivity contribution in [3.8, 4) is 5.75 Å². The van der Waals surface area contributed by atoms with Crippen molar-refractivity contribution in [3.05, 3.63) is 29.8 Å². The molecule has 0 unspecified atom stereocenters. The number of hydrogen-bond donors (Lipinski definition) is 2. The molecule has 9 nitrogen and oxygen atoms in total. The Morgan fingerprint density at radius 2 is 1.07 bits per heavy atom. The standard InChI is InChI=1S/C17H29O9P.2K/c1-16-2-4-17(5-3-16)25-14-12-23-10-8-21-6-7-22-9-11-24-13-15-26-27(18,19)20;;/h2-5H,6-15H2,1H3,(H2,18,19,20);;. The Labute approximate surface area is 257 Å². The van der Waals surface area contributed by atoms with Gasteiger partial charge in [0.1, 0.15) is 12.4 Å². The fourth-order valence-electron chi connectivity index (χ4n) is 1.83. The molecular weight excluding hydrogens is 457 g/mol. The van der Waals surface area contributed by atoms with Crippen LogP contribution in [0, 0.1) is 6.92 Å². The average Bonchev–Trinajstić information content (AvgIpc) is 2.62. The average molecular weight is 487 g/mol. The third-order valence-corrected chi connectivity index (χ3v) is 3.64. The molecule has 12 heteroatoms. The minimum Gasteiger partial charge on any atom is -0.491 e.